The summed E-state index contributed by atoms with van der Waals surface area (Å²) in [6.45, 7) is 1.70. The number of likely N-dealkylation sites (tertiary alicyclic amines) is 1. The van der Waals surface area contributed by atoms with Crippen LogP contribution in [0.1, 0.15) is 29.6 Å². The molecule has 0 radical (unpaired) electrons. The van der Waals surface area contributed by atoms with Gasteiger partial charge in [0.1, 0.15) is 11.5 Å². The molecule has 5 heteroatoms. The zero-order valence-electron chi connectivity index (χ0n) is 12.6. The third-order valence-corrected chi connectivity index (χ3v) is 4.82. The monoisotopic (exact) mass is 290 g/mol. The zero-order chi connectivity index (χ0) is 15.0. The Morgan fingerprint density at radius 3 is 2.43 bits per heavy atom. The van der Waals surface area contributed by atoms with Crippen molar-refractivity contribution in [3.8, 4) is 11.5 Å². The van der Waals surface area contributed by atoms with Gasteiger partial charge >= 0.3 is 0 Å². The molecule has 2 aliphatic rings. The fourth-order valence-electron chi connectivity index (χ4n) is 3.64. The van der Waals surface area contributed by atoms with Gasteiger partial charge in [-0.15, -0.1) is 0 Å². The maximum atomic E-state index is 12.8. The number of hydrogen-bond donors (Lipinski definition) is 1. The van der Waals surface area contributed by atoms with E-state index in [0.717, 1.165) is 13.1 Å². The fourth-order valence-corrected chi connectivity index (χ4v) is 3.64. The molecule has 114 valence electrons. The van der Waals surface area contributed by atoms with Crippen molar-refractivity contribution in [2.75, 3.05) is 33.0 Å². The second-order valence-electron chi connectivity index (χ2n) is 5.95. The van der Waals surface area contributed by atoms with E-state index in [9.17, 15) is 4.79 Å². The predicted octanol–water partition coefficient (Wildman–Crippen LogP) is 2.16. The fraction of sp³-hybridized carbons (Fsp3) is 0.562. The number of benzene rings is 1. The number of nitrogen functional groups attached to an aromatic ring is 1. The van der Waals surface area contributed by atoms with Crippen molar-refractivity contribution in [1.82, 2.24) is 4.90 Å². The van der Waals surface area contributed by atoms with E-state index < -0.39 is 0 Å². The van der Waals surface area contributed by atoms with Crippen molar-refractivity contribution in [1.29, 1.82) is 0 Å². The molecule has 1 heterocycles. The Labute approximate surface area is 125 Å². The first-order valence-electron chi connectivity index (χ1n) is 7.44. The highest BCUT2D eigenvalue weighted by atomic mass is 16.5. The lowest BCUT2D eigenvalue weighted by Crippen LogP contribution is -2.30. The summed E-state index contributed by atoms with van der Waals surface area (Å²) in [7, 11) is 3.11. The number of carbonyl (C=O) groups excluding carboxylic acids is 1. The van der Waals surface area contributed by atoms with Crippen LogP contribution >= 0.6 is 0 Å². The first kappa shape index (κ1) is 14.0. The quantitative estimate of drug-likeness (QED) is 0.866. The van der Waals surface area contributed by atoms with Crippen LogP contribution in [0.5, 0.6) is 11.5 Å². The van der Waals surface area contributed by atoms with E-state index in [2.05, 4.69) is 0 Å². The molecule has 1 saturated carbocycles. The standard InChI is InChI=1S/C16H22N2O3/c1-20-12-6-13(15(17)14(7-12)21-2)16(19)18-8-10-4-3-5-11(10)9-18/h6-7,10-11H,3-5,8-9,17H2,1-2H3. The number of nitrogens with two attached hydrogens (primary N) is 1. The maximum Gasteiger partial charge on any atom is 0.256 e. The summed E-state index contributed by atoms with van der Waals surface area (Å²) in [5.74, 6) is 2.39. The van der Waals surface area contributed by atoms with E-state index in [1.807, 2.05) is 4.90 Å². The highest BCUT2D eigenvalue weighted by Crippen LogP contribution is 2.39. The van der Waals surface area contributed by atoms with Gasteiger partial charge in [0.15, 0.2) is 0 Å². The molecule has 3 rings (SSSR count). The highest BCUT2D eigenvalue weighted by molar-refractivity contribution is 6.01. The van der Waals surface area contributed by atoms with Gasteiger partial charge in [-0.2, -0.15) is 0 Å². The maximum absolute atomic E-state index is 12.8. The van der Waals surface area contributed by atoms with Crippen LogP contribution in [0.15, 0.2) is 12.1 Å². The van der Waals surface area contributed by atoms with Crippen molar-refractivity contribution in [3.05, 3.63) is 17.7 Å². The van der Waals surface area contributed by atoms with Crippen LogP contribution in [0.4, 0.5) is 5.69 Å². The average Bonchev–Trinajstić information content (AvgIpc) is 3.08. The molecule has 1 aliphatic carbocycles. The third kappa shape index (κ3) is 2.41. The summed E-state index contributed by atoms with van der Waals surface area (Å²) in [5.41, 5.74) is 6.94. The van der Waals surface area contributed by atoms with Crippen LogP contribution in [-0.4, -0.2) is 38.1 Å². The van der Waals surface area contributed by atoms with E-state index in [1.54, 1.807) is 26.4 Å². The molecule has 0 aromatic heterocycles. The largest absolute Gasteiger partial charge is 0.497 e. The normalized spacial score (nSPS) is 24.0. The summed E-state index contributed by atoms with van der Waals surface area (Å²) in [6.07, 6.45) is 3.78. The molecule has 2 fully saturated rings. The van der Waals surface area contributed by atoms with Gasteiger partial charge in [0.05, 0.1) is 25.5 Å². The Kier molecular flexibility index (Phi) is 3.66. The third-order valence-electron chi connectivity index (χ3n) is 4.82. The Morgan fingerprint density at radius 2 is 1.86 bits per heavy atom. The Morgan fingerprint density at radius 1 is 1.19 bits per heavy atom. The molecular formula is C16H22N2O3. The van der Waals surface area contributed by atoms with Crippen LogP contribution in [0.2, 0.25) is 0 Å². The number of amides is 1. The van der Waals surface area contributed by atoms with Crippen molar-refractivity contribution in [2.24, 2.45) is 11.8 Å². The number of anilines is 1. The van der Waals surface area contributed by atoms with E-state index >= 15 is 0 Å². The summed E-state index contributed by atoms with van der Waals surface area (Å²) in [5, 5.41) is 0. The molecule has 2 N–H and O–H groups in total. The number of hydrogen-bond acceptors (Lipinski definition) is 4. The van der Waals surface area contributed by atoms with Crippen LogP contribution in [0.3, 0.4) is 0 Å². The molecule has 1 aromatic rings. The Balaban J connectivity index is 1.87. The number of fused-ring (bicyclic) bond motifs is 1. The lowest BCUT2D eigenvalue weighted by Gasteiger charge is -2.20. The molecule has 21 heavy (non-hydrogen) atoms. The van der Waals surface area contributed by atoms with Gasteiger partial charge in [-0.1, -0.05) is 6.42 Å². The molecule has 0 spiro atoms. The molecule has 2 atom stereocenters. The van der Waals surface area contributed by atoms with Crippen LogP contribution in [0.25, 0.3) is 0 Å². The summed E-state index contributed by atoms with van der Waals surface area (Å²) in [6, 6.07) is 3.40. The molecule has 1 aromatic carbocycles. The SMILES string of the molecule is COc1cc(OC)c(N)c(C(=O)N2CC3CCCC3C2)c1. The van der Waals surface area contributed by atoms with Gasteiger partial charge in [-0.25, -0.2) is 0 Å². The van der Waals surface area contributed by atoms with Crippen molar-refractivity contribution >= 4 is 11.6 Å². The lowest BCUT2D eigenvalue weighted by atomic mass is 10.0. The van der Waals surface area contributed by atoms with Gasteiger partial charge in [-0.3, -0.25) is 4.79 Å². The van der Waals surface area contributed by atoms with Gasteiger partial charge in [-0.05, 0) is 30.7 Å². The number of methoxy groups -OCH3 is 2. The minimum atomic E-state index is -0.0147. The van der Waals surface area contributed by atoms with Gasteiger partial charge in [0.25, 0.3) is 5.91 Å². The van der Waals surface area contributed by atoms with E-state index in [4.69, 9.17) is 15.2 Å². The number of ether oxygens (including phenoxy) is 2. The van der Waals surface area contributed by atoms with Crippen LogP contribution in [0, 0.1) is 11.8 Å². The van der Waals surface area contributed by atoms with E-state index in [0.29, 0.717) is 34.6 Å². The molecule has 2 unspecified atom stereocenters. The number of rotatable bonds is 3. The van der Waals surface area contributed by atoms with E-state index in [1.165, 1.54) is 19.3 Å². The minimum absolute atomic E-state index is 0.0147. The van der Waals surface area contributed by atoms with Crippen molar-refractivity contribution in [2.45, 2.75) is 19.3 Å². The van der Waals surface area contributed by atoms with Crippen LogP contribution < -0.4 is 15.2 Å². The minimum Gasteiger partial charge on any atom is -0.497 e. The van der Waals surface area contributed by atoms with Crippen molar-refractivity contribution < 1.29 is 14.3 Å². The summed E-state index contributed by atoms with van der Waals surface area (Å²) < 4.78 is 10.5. The molecule has 1 amide bonds. The summed E-state index contributed by atoms with van der Waals surface area (Å²) >= 11 is 0. The van der Waals surface area contributed by atoms with Gasteiger partial charge in [0, 0.05) is 19.2 Å². The number of nitrogens with zero attached hydrogens (tertiary/aromatic N) is 1. The molecule has 1 aliphatic heterocycles. The number of carbonyl (C=O) groups is 1. The molecule has 5 nitrogen and oxygen atoms in total. The topological polar surface area (TPSA) is 64.8 Å². The molecular weight excluding hydrogens is 268 g/mol. The van der Waals surface area contributed by atoms with Crippen LogP contribution in [-0.2, 0) is 0 Å². The van der Waals surface area contributed by atoms with E-state index in [-0.39, 0.29) is 5.91 Å². The first-order chi connectivity index (χ1) is 10.1. The lowest BCUT2D eigenvalue weighted by molar-refractivity contribution is 0.0781. The average molecular weight is 290 g/mol. The summed E-state index contributed by atoms with van der Waals surface area (Å²) in [4.78, 5) is 14.7. The van der Waals surface area contributed by atoms with Gasteiger partial charge < -0.3 is 20.1 Å². The predicted molar refractivity (Wildman–Crippen MR) is 80.7 cm³/mol. The van der Waals surface area contributed by atoms with Gasteiger partial charge in [0.2, 0.25) is 0 Å². The molecule has 0 bridgehead atoms. The van der Waals surface area contributed by atoms with Crippen molar-refractivity contribution in [3.63, 3.8) is 0 Å². The Hall–Kier alpha value is -1.91. The second-order valence-corrected chi connectivity index (χ2v) is 5.95. The smallest absolute Gasteiger partial charge is 0.256 e. The second kappa shape index (κ2) is 5.47. The Bertz CT molecular complexity index is 547. The molecule has 1 saturated heterocycles. The highest BCUT2D eigenvalue weighted by Gasteiger charge is 2.38. The first-order valence-corrected chi connectivity index (χ1v) is 7.44. The zero-order valence-corrected chi connectivity index (χ0v) is 12.6.